The number of rotatable bonds is 6. The van der Waals surface area contributed by atoms with Crippen molar-refractivity contribution in [3.05, 3.63) is 47.3 Å². The van der Waals surface area contributed by atoms with E-state index in [2.05, 4.69) is 60.0 Å². The highest BCUT2D eigenvalue weighted by Gasteiger charge is 2.10. The maximum Gasteiger partial charge on any atom is 0.204 e. The van der Waals surface area contributed by atoms with Crippen molar-refractivity contribution in [2.75, 3.05) is 19.0 Å². The summed E-state index contributed by atoms with van der Waals surface area (Å²) < 4.78 is 2.13. The number of hydrogen-bond donors (Lipinski definition) is 1. The van der Waals surface area contributed by atoms with Gasteiger partial charge in [-0.1, -0.05) is 24.3 Å². The Kier molecular flexibility index (Phi) is 5.02. The lowest BCUT2D eigenvalue weighted by Gasteiger charge is -2.16. The predicted molar refractivity (Wildman–Crippen MR) is 88.7 cm³/mol. The molecule has 1 aromatic carbocycles. The molecule has 1 atom stereocenters. The van der Waals surface area contributed by atoms with E-state index in [1.54, 1.807) is 0 Å². The molecule has 0 aliphatic carbocycles. The average molecular weight is 286 g/mol. The summed E-state index contributed by atoms with van der Waals surface area (Å²) in [7, 11) is 6.09. The number of hydrogen-bond acceptors (Lipinski definition) is 3. The van der Waals surface area contributed by atoms with Crippen molar-refractivity contribution in [1.29, 1.82) is 0 Å². The molecule has 0 saturated heterocycles. The van der Waals surface area contributed by atoms with E-state index in [0.29, 0.717) is 6.04 Å². The topological polar surface area (TPSA) is 33.1 Å². The third-order valence-corrected chi connectivity index (χ3v) is 3.88. The summed E-state index contributed by atoms with van der Waals surface area (Å²) in [5, 5.41) is 3.59. The molecular weight excluding hydrogens is 260 g/mol. The van der Waals surface area contributed by atoms with Crippen molar-refractivity contribution in [2.45, 2.75) is 32.9 Å². The third kappa shape index (κ3) is 3.85. The van der Waals surface area contributed by atoms with Gasteiger partial charge in [0.25, 0.3) is 0 Å². The minimum atomic E-state index is 0.434. The molecule has 4 nitrogen and oxygen atoms in total. The largest absolute Gasteiger partial charge is 0.348 e. The summed E-state index contributed by atoms with van der Waals surface area (Å²) in [5.41, 5.74) is 3.98. The average Bonchev–Trinajstić information content (AvgIpc) is 2.80. The Morgan fingerprint density at radius 3 is 2.62 bits per heavy atom. The molecule has 0 bridgehead atoms. The van der Waals surface area contributed by atoms with Crippen molar-refractivity contribution in [1.82, 2.24) is 14.9 Å². The van der Waals surface area contributed by atoms with Crippen molar-refractivity contribution >= 4 is 5.95 Å². The first-order chi connectivity index (χ1) is 9.99. The molecule has 1 heterocycles. The predicted octanol–water partition coefficient (Wildman–Crippen LogP) is 2.52. The monoisotopic (exact) mass is 286 g/mol. The zero-order valence-corrected chi connectivity index (χ0v) is 13.7. The summed E-state index contributed by atoms with van der Waals surface area (Å²) >= 11 is 0. The molecule has 1 aromatic heterocycles. The number of imidazole rings is 1. The van der Waals surface area contributed by atoms with E-state index in [1.807, 2.05) is 25.2 Å². The van der Waals surface area contributed by atoms with Crippen LogP contribution in [0.1, 0.15) is 23.7 Å². The lowest BCUT2D eigenvalue weighted by atomic mass is 10.0. The van der Waals surface area contributed by atoms with Crippen LogP contribution in [-0.2, 0) is 20.0 Å². The van der Waals surface area contributed by atoms with E-state index >= 15 is 0 Å². The SMILES string of the molecule is Cc1ccccc1CC(C)NCc1cnc(N(C)C)n1C. The van der Waals surface area contributed by atoms with Crippen molar-refractivity contribution < 1.29 is 0 Å². The Labute approximate surface area is 127 Å². The first-order valence-electron chi connectivity index (χ1n) is 7.45. The Morgan fingerprint density at radius 2 is 2.00 bits per heavy atom. The second kappa shape index (κ2) is 6.76. The molecule has 0 saturated carbocycles. The normalized spacial score (nSPS) is 12.4. The van der Waals surface area contributed by atoms with Gasteiger partial charge in [0.2, 0.25) is 5.95 Å². The van der Waals surface area contributed by atoms with E-state index in [-0.39, 0.29) is 0 Å². The lowest BCUT2D eigenvalue weighted by molar-refractivity contribution is 0.532. The lowest BCUT2D eigenvalue weighted by Crippen LogP contribution is -2.28. The van der Waals surface area contributed by atoms with Gasteiger partial charge in [-0.05, 0) is 31.4 Å². The van der Waals surface area contributed by atoms with Crippen LogP contribution in [0.3, 0.4) is 0 Å². The summed E-state index contributed by atoms with van der Waals surface area (Å²) in [6.07, 6.45) is 2.99. The zero-order valence-electron chi connectivity index (χ0n) is 13.7. The van der Waals surface area contributed by atoms with Gasteiger partial charge in [0.1, 0.15) is 0 Å². The zero-order chi connectivity index (χ0) is 15.4. The molecule has 114 valence electrons. The highest BCUT2D eigenvalue weighted by Crippen LogP contribution is 2.12. The highest BCUT2D eigenvalue weighted by atomic mass is 15.3. The number of aromatic nitrogens is 2. The van der Waals surface area contributed by atoms with Gasteiger partial charge in [0, 0.05) is 33.7 Å². The van der Waals surface area contributed by atoms with Crippen LogP contribution in [0.25, 0.3) is 0 Å². The van der Waals surface area contributed by atoms with Gasteiger partial charge in [-0.2, -0.15) is 0 Å². The molecule has 0 radical (unpaired) electrons. The van der Waals surface area contributed by atoms with Crippen LogP contribution in [0.2, 0.25) is 0 Å². The van der Waals surface area contributed by atoms with Crippen LogP contribution < -0.4 is 10.2 Å². The molecule has 2 rings (SSSR count). The highest BCUT2D eigenvalue weighted by molar-refractivity contribution is 5.31. The first-order valence-corrected chi connectivity index (χ1v) is 7.45. The van der Waals surface area contributed by atoms with Gasteiger partial charge in [-0.25, -0.2) is 4.98 Å². The number of nitrogens with zero attached hydrogens (tertiary/aromatic N) is 3. The van der Waals surface area contributed by atoms with Crippen molar-refractivity contribution in [3.63, 3.8) is 0 Å². The van der Waals surface area contributed by atoms with Gasteiger partial charge in [-0.3, -0.25) is 0 Å². The second-order valence-electron chi connectivity index (χ2n) is 5.92. The van der Waals surface area contributed by atoms with Crippen LogP contribution in [0.4, 0.5) is 5.95 Å². The molecule has 1 unspecified atom stereocenters. The number of aryl methyl sites for hydroxylation is 1. The van der Waals surface area contributed by atoms with Crippen LogP contribution in [0.15, 0.2) is 30.5 Å². The minimum absolute atomic E-state index is 0.434. The third-order valence-electron chi connectivity index (χ3n) is 3.88. The van der Waals surface area contributed by atoms with Gasteiger partial charge in [-0.15, -0.1) is 0 Å². The Hall–Kier alpha value is -1.81. The summed E-state index contributed by atoms with van der Waals surface area (Å²) in [6, 6.07) is 9.02. The van der Waals surface area contributed by atoms with Crippen LogP contribution in [-0.4, -0.2) is 29.7 Å². The maximum absolute atomic E-state index is 4.44. The molecule has 4 heteroatoms. The van der Waals surface area contributed by atoms with Crippen LogP contribution in [0, 0.1) is 6.92 Å². The van der Waals surface area contributed by atoms with E-state index in [9.17, 15) is 0 Å². The van der Waals surface area contributed by atoms with E-state index < -0.39 is 0 Å². The standard InChI is InChI=1S/C17H26N4/c1-13-8-6-7-9-15(13)10-14(2)18-11-16-12-19-17(20(3)4)21(16)5/h6-9,12,14,18H,10-11H2,1-5H3. The van der Waals surface area contributed by atoms with Gasteiger partial charge in [0.15, 0.2) is 0 Å². The molecule has 0 amide bonds. The molecule has 21 heavy (non-hydrogen) atoms. The molecule has 0 aliphatic rings. The summed E-state index contributed by atoms with van der Waals surface area (Å²) in [4.78, 5) is 6.47. The van der Waals surface area contributed by atoms with Gasteiger partial charge >= 0.3 is 0 Å². The first kappa shape index (κ1) is 15.6. The molecule has 0 aliphatic heterocycles. The van der Waals surface area contributed by atoms with E-state index in [4.69, 9.17) is 0 Å². The molecule has 1 N–H and O–H groups in total. The fraction of sp³-hybridized carbons (Fsp3) is 0.471. The van der Waals surface area contributed by atoms with E-state index in [1.165, 1.54) is 16.8 Å². The Bertz CT molecular complexity index is 586. The summed E-state index contributed by atoms with van der Waals surface area (Å²) in [6.45, 7) is 5.24. The number of anilines is 1. The fourth-order valence-corrected chi connectivity index (χ4v) is 2.53. The van der Waals surface area contributed by atoms with Crippen molar-refractivity contribution in [2.24, 2.45) is 7.05 Å². The van der Waals surface area contributed by atoms with Crippen LogP contribution >= 0.6 is 0 Å². The minimum Gasteiger partial charge on any atom is -0.348 e. The fourth-order valence-electron chi connectivity index (χ4n) is 2.53. The van der Waals surface area contributed by atoms with Crippen molar-refractivity contribution in [3.8, 4) is 0 Å². The van der Waals surface area contributed by atoms with Crippen LogP contribution in [0.5, 0.6) is 0 Å². The Balaban J connectivity index is 1.93. The van der Waals surface area contributed by atoms with Gasteiger partial charge < -0.3 is 14.8 Å². The summed E-state index contributed by atoms with van der Waals surface area (Å²) in [5.74, 6) is 0.985. The Morgan fingerprint density at radius 1 is 1.29 bits per heavy atom. The number of benzene rings is 1. The second-order valence-corrected chi connectivity index (χ2v) is 5.92. The molecule has 0 fully saturated rings. The van der Waals surface area contributed by atoms with Gasteiger partial charge in [0.05, 0.1) is 11.9 Å². The quantitative estimate of drug-likeness (QED) is 0.886. The molecule has 0 spiro atoms. The maximum atomic E-state index is 4.44. The smallest absolute Gasteiger partial charge is 0.204 e. The number of nitrogens with one attached hydrogen (secondary N) is 1. The molecule has 2 aromatic rings. The molecular formula is C17H26N4. The van der Waals surface area contributed by atoms with E-state index in [0.717, 1.165) is 18.9 Å².